The van der Waals surface area contributed by atoms with Crippen LogP contribution in [0.3, 0.4) is 0 Å². The summed E-state index contributed by atoms with van der Waals surface area (Å²) in [7, 11) is 0. The molecule has 8 heteroatoms. The molecule has 0 saturated heterocycles. The van der Waals surface area contributed by atoms with E-state index >= 15 is 0 Å². The molecule has 0 bridgehead atoms. The predicted molar refractivity (Wildman–Crippen MR) is 125 cm³/mol. The van der Waals surface area contributed by atoms with Gasteiger partial charge in [0.15, 0.2) is 0 Å². The highest BCUT2D eigenvalue weighted by atomic mass is 16.5. The lowest BCUT2D eigenvalue weighted by atomic mass is 10.0. The van der Waals surface area contributed by atoms with Gasteiger partial charge in [-0.1, -0.05) is 68.4 Å². The van der Waals surface area contributed by atoms with Crippen LogP contribution in [-0.2, 0) is 27.4 Å². The van der Waals surface area contributed by atoms with E-state index in [1.165, 1.54) is 0 Å². The number of aromatic nitrogens is 1. The first-order valence-electron chi connectivity index (χ1n) is 10.7. The van der Waals surface area contributed by atoms with Crippen LogP contribution < -0.4 is 16.4 Å². The molecule has 0 spiro atoms. The molecule has 1 heterocycles. The molecule has 172 valence electrons. The SMILES string of the molecule is CC(C)[C@H](NC(=O)OCc1ccccc1)C(=O)N[C@@H](Cc1ccc2ccccc2n1)C(N)=O. The molecular formula is C25H28N4O4. The molecule has 3 amide bonds. The zero-order chi connectivity index (χ0) is 23.8. The standard InChI is InChI=1S/C25H28N4O4/c1-16(2)22(29-25(32)33-15-17-8-4-3-5-9-17)24(31)28-21(23(26)30)14-19-13-12-18-10-6-7-11-20(18)27-19/h3-13,16,21-22H,14-15H2,1-2H3,(H2,26,30)(H,28,31)(H,29,32)/t21-,22-/m0/s1. The van der Waals surface area contributed by atoms with Crippen LogP contribution in [0.1, 0.15) is 25.1 Å². The van der Waals surface area contributed by atoms with Crippen molar-refractivity contribution >= 4 is 28.8 Å². The van der Waals surface area contributed by atoms with Crippen molar-refractivity contribution in [3.8, 4) is 0 Å². The second-order valence-electron chi connectivity index (χ2n) is 8.09. The molecule has 0 saturated carbocycles. The fraction of sp³-hybridized carbons (Fsp3) is 0.280. The molecule has 2 aromatic carbocycles. The topological polar surface area (TPSA) is 123 Å². The third-order valence-corrected chi connectivity index (χ3v) is 5.16. The number of rotatable bonds is 9. The first kappa shape index (κ1) is 23.7. The third-order valence-electron chi connectivity index (χ3n) is 5.16. The molecule has 3 aromatic rings. The predicted octanol–water partition coefficient (Wildman–Crippen LogP) is 2.70. The summed E-state index contributed by atoms with van der Waals surface area (Å²) < 4.78 is 5.22. The molecule has 1 aromatic heterocycles. The molecule has 0 radical (unpaired) electrons. The van der Waals surface area contributed by atoms with Crippen molar-refractivity contribution in [2.45, 2.75) is 39.0 Å². The first-order chi connectivity index (χ1) is 15.8. The number of carbonyl (C=O) groups excluding carboxylic acids is 3. The second kappa shape index (κ2) is 11.1. The van der Waals surface area contributed by atoms with Crippen molar-refractivity contribution in [2.24, 2.45) is 11.7 Å². The van der Waals surface area contributed by atoms with Crippen LogP contribution in [0.2, 0.25) is 0 Å². The van der Waals surface area contributed by atoms with E-state index in [0.29, 0.717) is 5.69 Å². The van der Waals surface area contributed by atoms with Gasteiger partial charge in [0.2, 0.25) is 11.8 Å². The van der Waals surface area contributed by atoms with Gasteiger partial charge in [0.1, 0.15) is 18.7 Å². The summed E-state index contributed by atoms with van der Waals surface area (Å²) in [5.74, 6) is -1.46. The molecule has 0 fully saturated rings. The number of nitrogens with one attached hydrogen (secondary N) is 2. The van der Waals surface area contributed by atoms with Crippen LogP contribution in [0.25, 0.3) is 10.9 Å². The highest BCUT2D eigenvalue weighted by Crippen LogP contribution is 2.13. The average molecular weight is 449 g/mol. The summed E-state index contributed by atoms with van der Waals surface area (Å²) in [4.78, 5) is 41.7. The normalized spacial score (nSPS) is 12.7. The van der Waals surface area contributed by atoms with Gasteiger partial charge < -0.3 is 21.1 Å². The molecule has 4 N–H and O–H groups in total. The van der Waals surface area contributed by atoms with Gasteiger partial charge in [-0.3, -0.25) is 14.6 Å². The molecule has 0 aliphatic heterocycles. The van der Waals surface area contributed by atoms with Crippen molar-refractivity contribution in [1.29, 1.82) is 0 Å². The quantitative estimate of drug-likeness (QED) is 0.464. The van der Waals surface area contributed by atoms with Crippen molar-refractivity contribution < 1.29 is 19.1 Å². The summed E-state index contributed by atoms with van der Waals surface area (Å²) in [5.41, 5.74) is 7.77. The maximum absolute atomic E-state index is 12.9. The highest BCUT2D eigenvalue weighted by molar-refractivity contribution is 5.91. The number of benzene rings is 2. The fourth-order valence-corrected chi connectivity index (χ4v) is 3.34. The minimum absolute atomic E-state index is 0.0800. The Labute approximate surface area is 192 Å². The third kappa shape index (κ3) is 6.77. The molecule has 0 aliphatic carbocycles. The number of hydrogen-bond donors (Lipinski definition) is 3. The number of ether oxygens (including phenoxy) is 1. The van der Waals surface area contributed by atoms with Gasteiger partial charge in [0.05, 0.1) is 5.52 Å². The molecule has 2 atom stereocenters. The number of para-hydroxylation sites is 1. The lowest BCUT2D eigenvalue weighted by molar-refractivity contribution is -0.129. The van der Waals surface area contributed by atoms with Gasteiger partial charge in [0.25, 0.3) is 0 Å². The number of pyridine rings is 1. The van der Waals surface area contributed by atoms with E-state index in [0.717, 1.165) is 16.5 Å². The Balaban J connectivity index is 1.63. The summed E-state index contributed by atoms with van der Waals surface area (Å²) in [5, 5.41) is 6.20. The second-order valence-corrected chi connectivity index (χ2v) is 8.09. The number of amides is 3. The van der Waals surface area contributed by atoms with Crippen molar-refractivity contribution in [3.05, 3.63) is 78.0 Å². The fourth-order valence-electron chi connectivity index (χ4n) is 3.34. The highest BCUT2D eigenvalue weighted by Gasteiger charge is 2.28. The maximum Gasteiger partial charge on any atom is 0.408 e. The van der Waals surface area contributed by atoms with Gasteiger partial charge in [-0.15, -0.1) is 0 Å². The van der Waals surface area contributed by atoms with Gasteiger partial charge in [-0.2, -0.15) is 0 Å². The van der Waals surface area contributed by atoms with Gasteiger partial charge in [0, 0.05) is 17.5 Å². The van der Waals surface area contributed by atoms with Crippen LogP contribution in [-0.4, -0.2) is 35.0 Å². The van der Waals surface area contributed by atoms with E-state index in [1.807, 2.05) is 60.7 Å². The average Bonchev–Trinajstić information content (AvgIpc) is 2.81. The van der Waals surface area contributed by atoms with Crippen molar-refractivity contribution in [3.63, 3.8) is 0 Å². The van der Waals surface area contributed by atoms with Crippen molar-refractivity contribution in [1.82, 2.24) is 15.6 Å². The number of fused-ring (bicyclic) bond motifs is 1. The Kier molecular flexibility index (Phi) is 7.96. The van der Waals surface area contributed by atoms with E-state index in [1.54, 1.807) is 19.9 Å². The molecule has 33 heavy (non-hydrogen) atoms. The van der Waals surface area contributed by atoms with Crippen molar-refractivity contribution in [2.75, 3.05) is 0 Å². The van der Waals surface area contributed by atoms with Crippen LogP contribution in [0, 0.1) is 5.92 Å². The monoisotopic (exact) mass is 448 g/mol. The van der Waals surface area contributed by atoms with E-state index in [2.05, 4.69) is 15.6 Å². The van der Waals surface area contributed by atoms with E-state index < -0.39 is 30.0 Å². The summed E-state index contributed by atoms with van der Waals surface area (Å²) in [6.07, 6.45) is -0.589. The number of nitrogens with two attached hydrogens (primary N) is 1. The van der Waals surface area contributed by atoms with Crippen LogP contribution >= 0.6 is 0 Å². The Morgan fingerprint density at radius 2 is 1.64 bits per heavy atom. The number of primary amides is 1. The van der Waals surface area contributed by atoms with Crippen LogP contribution in [0.15, 0.2) is 66.7 Å². The van der Waals surface area contributed by atoms with Gasteiger partial charge in [-0.25, -0.2) is 4.79 Å². The minimum atomic E-state index is -0.977. The molecule has 3 rings (SSSR count). The van der Waals surface area contributed by atoms with Gasteiger partial charge >= 0.3 is 6.09 Å². The Bertz CT molecular complexity index is 1120. The van der Waals surface area contributed by atoms with Gasteiger partial charge in [-0.05, 0) is 23.6 Å². The minimum Gasteiger partial charge on any atom is -0.445 e. The number of carbonyl (C=O) groups is 3. The summed E-state index contributed by atoms with van der Waals surface area (Å²) >= 11 is 0. The Morgan fingerprint density at radius 3 is 2.33 bits per heavy atom. The van der Waals surface area contributed by atoms with E-state index in [-0.39, 0.29) is 18.9 Å². The number of hydrogen-bond acceptors (Lipinski definition) is 5. The van der Waals surface area contributed by atoms with Crippen LogP contribution in [0.5, 0.6) is 0 Å². The summed E-state index contributed by atoms with van der Waals surface area (Å²) in [6, 6.07) is 18.6. The van der Waals surface area contributed by atoms with E-state index in [4.69, 9.17) is 10.5 Å². The molecular weight excluding hydrogens is 420 g/mol. The number of nitrogens with zero attached hydrogens (tertiary/aromatic N) is 1. The molecule has 8 nitrogen and oxygen atoms in total. The van der Waals surface area contributed by atoms with Crippen LogP contribution in [0.4, 0.5) is 4.79 Å². The Morgan fingerprint density at radius 1 is 0.939 bits per heavy atom. The summed E-state index contributed by atoms with van der Waals surface area (Å²) in [6.45, 7) is 3.65. The smallest absolute Gasteiger partial charge is 0.408 e. The number of alkyl carbamates (subject to hydrolysis) is 1. The zero-order valence-electron chi connectivity index (χ0n) is 18.7. The largest absolute Gasteiger partial charge is 0.445 e. The molecule has 0 unspecified atom stereocenters. The van der Waals surface area contributed by atoms with E-state index in [9.17, 15) is 14.4 Å². The molecule has 0 aliphatic rings. The zero-order valence-corrected chi connectivity index (χ0v) is 18.7. The Hall–Kier alpha value is -3.94. The first-order valence-corrected chi connectivity index (χ1v) is 10.7. The lowest BCUT2D eigenvalue weighted by Gasteiger charge is -2.24. The lowest BCUT2D eigenvalue weighted by Crippen LogP contribution is -2.55. The maximum atomic E-state index is 12.9.